The lowest BCUT2D eigenvalue weighted by Crippen LogP contribution is -2.66. The van der Waals surface area contributed by atoms with Crippen LogP contribution in [0.4, 0.5) is 16.2 Å². The number of primary amides is 1. The van der Waals surface area contributed by atoms with E-state index >= 15 is 0 Å². The average Bonchev–Trinajstić information content (AvgIpc) is 3.77. The number of aliphatic hydroxyl groups is 1. The molecule has 3 aromatic rings. The Morgan fingerprint density at radius 2 is 1.69 bits per heavy atom. The van der Waals surface area contributed by atoms with Crippen molar-refractivity contribution >= 4 is 47.0 Å². The number of carbonyl (C=O) groups excluding carboxylic acids is 3. The van der Waals surface area contributed by atoms with Gasteiger partial charge >= 0.3 is 12.1 Å². The third-order valence-electron chi connectivity index (χ3n) is 10.1. The molecular formula is C35H38N7O11S+. The number of nitro groups is 2. The van der Waals surface area contributed by atoms with Gasteiger partial charge in [-0.05, 0) is 43.0 Å². The van der Waals surface area contributed by atoms with E-state index in [4.69, 9.17) is 10.5 Å². The molecule has 1 aromatic heterocycles. The molecule has 4 heterocycles. The van der Waals surface area contributed by atoms with E-state index in [1.165, 1.54) is 64.9 Å². The Kier molecular flexibility index (Phi) is 10.5. The van der Waals surface area contributed by atoms with E-state index in [-0.39, 0.29) is 49.7 Å². The van der Waals surface area contributed by atoms with Crippen LogP contribution in [-0.4, -0.2) is 88.3 Å². The predicted molar refractivity (Wildman–Crippen MR) is 189 cm³/mol. The highest BCUT2D eigenvalue weighted by atomic mass is 32.2. The predicted octanol–water partition coefficient (Wildman–Crippen LogP) is 2.36. The third kappa shape index (κ3) is 7.36. The molecule has 19 heteroatoms. The highest BCUT2D eigenvalue weighted by Crippen LogP contribution is 2.60. The normalized spacial score (nSPS) is 23.9. The number of imidazole rings is 1. The van der Waals surface area contributed by atoms with Crippen molar-refractivity contribution in [1.29, 1.82) is 0 Å². The Morgan fingerprint density at radius 3 is 2.24 bits per heavy atom. The van der Waals surface area contributed by atoms with Gasteiger partial charge in [-0.15, -0.1) is 11.8 Å². The van der Waals surface area contributed by atoms with Crippen molar-refractivity contribution in [3.63, 3.8) is 0 Å². The number of hydrogen-bond donors (Lipinski definition) is 3. The summed E-state index contributed by atoms with van der Waals surface area (Å²) in [5, 5.41) is 43.2. The lowest BCUT2D eigenvalue weighted by Gasteiger charge is -2.51. The lowest BCUT2D eigenvalue weighted by atomic mass is 9.67. The molecule has 54 heavy (non-hydrogen) atoms. The number of aliphatic hydroxyl groups excluding tert-OH is 1. The first kappa shape index (κ1) is 37.9. The molecule has 3 aliphatic rings. The zero-order chi connectivity index (χ0) is 39.1. The molecule has 0 aliphatic carbocycles. The number of carboxylic acid groups (broad SMARTS) is 1. The van der Waals surface area contributed by atoms with Crippen LogP contribution in [0.1, 0.15) is 31.4 Å². The second-order valence-electron chi connectivity index (χ2n) is 13.9. The van der Waals surface area contributed by atoms with Crippen molar-refractivity contribution < 1.29 is 48.5 Å². The number of rotatable bonds is 14. The van der Waals surface area contributed by atoms with Gasteiger partial charge in [0.1, 0.15) is 31.2 Å². The third-order valence-corrected chi connectivity index (χ3v) is 11.7. The highest BCUT2D eigenvalue weighted by molar-refractivity contribution is 8.03. The number of nitrogens with zero attached hydrogens (tertiary/aromatic N) is 6. The number of non-ortho nitro benzene ring substituents is 2. The summed E-state index contributed by atoms with van der Waals surface area (Å²) in [7, 11) is 0. The van der Waals surface area contributed by atoms with E-state index < -0.39 is 68.5 Å². The number of aliphatic carboxylic acids is 1. The van der Waals surface area contributed by atoms with Crippen LogP contribution in [0.15, 0.2) is 77.9 Å². The van der Waals surface area contributed by atoms with Crippen LogP contribution < -0.4 is 10.3 Å². The van der Waals surface area contributed by atoms with Gasteiger partial charge in [-0.2, -0.15) is 0 Å². The monoisotopic (exact) mass is 764 g/mol. The first-order valence-electron chi connectivity index (χ1n) is 17.0. The number of carbonyl (C=O) groups is 4. The molecule has 0 spiro atoms. The van der Waals surface area contributed by atoms with Gasteiger partial charge in [-0.25, -0.2) is 18.7 Å². The molecule has 18 nitrogen and oxygen atoms in total. The zero-order valence-corrected chi connectivity index (χ0v) is 30.0. The quantitative estimate of drug-likeness (QED) is 0.0927. The molecular weight excluding hydrogens is 726 g/mol. The SMILES string of the molecule is C[C@@H](O)[C@H]1C(=O)N2C(C(=O)O)=C(S[C@H]3C[C@@H](Cn4cc[n+](CC(N)=O)c4)N(C(=O)OCc4ccc([N+](=O)[O-])cc4)C3)[C@](C)(Cc3ccc([N+](=O)[O-])cc3)[C@H]12. The van der Waals surface area contributed by atoms with Crippen molar-refractivity contribution in [2.75, 3.05) is 6.54 Å². The number of likely N-dealkylation sites (tertiary alicyclic amines) is 1. The van der Waals surface area contributed by atoms with Gasteiger partial charge in [-0.1, -0.05) is 19.1 Å². The minimum absolute atomic E-state index is 0.0551. The molecule has 2 saturated heterocycles. The van der Waals surface area contributed by atoms with Crippen LogP contribution in [0, 0.1) is 31.6 Å². The summed E-state index contributed by atoms with van der Waals surface area (Å²) in [6, 6.07) is 10.3. The fourth-order valence-electron chi connectivity index (χ4n) is 7.69. The van der Waals surface area contributed by atoms with E-state index in [9.17, 15) is 49.6 Å². The number of β-lactam (4-membered cyclic amide) rings is 1. The maximum Gasteiger partial charge on any atom is 0.410 e. The summed E-state index contributed by atoms with van der Waals surface area (Å²) in [5.74, 6) is -3.27. The number of amides is 3. The molecule has 3 amide bonds. The Bertz CT molecular complexity index is 2030. The summed E-state index contributed by atoms with van der Waals surface area (Å²) in [4.78, 5) is 76.0. The minimum atomic E-state index is -1.33. The molecule has 4 N–H and O–H groups in total. The largest absolute Gasteiger partial charge is 0.477 e. The minimum Gasteiger partial charge on any atom is -0.477 e. The van der Waals surface area contributed by atoms with Crippen LogP contribution in [-0.2, 0) is 45.2 Å². The fraction of sp³-hybridized carbons (Fsp3) is 0.400. The summed E-state index contributed by atoms with van der Waals surface area (Å²) in [5.41, 5.74) is 5.07. The number of nitro benzene ring substituents is 2. The molecule has 6 rings (SSSR count). The van der Waals surface area contributed by atoms with Gasteiger partial charge in [0, 0.05) is 46.4 Å². The first-order valence-corrected chi connectivity index (χ1v) is 17.8. The number of fused-ring (bicyclic) bond motifs is 1. The molecule has 284 valence electrons. The standard InChI is InChI=1S/C35H37N7O11S/c1-20(43)28-30-35(2,14-21-3-7-23(8-4-21)41(49)50)31(29(33(46)47)40(30)32(28)45)54-26-13-25(15-37-11-12-38(19-37)17-27(36)44)39(16-26)34(48)53-18-22-5-9-24(10-6-22)42(51)52/h3-12,19-20,25-26,28,30,43H,13-18H2,1-2H3,(H2-,36,44,46,47)/p+1/t20-,25+,26+,28-,30+,35-/m1/s1. The fourth-order valence-corrected chi connectivity index (χ4v) is 9.34. The maximum absolute atomic E-state index is 13.7. The van der Waals surface area contributed by atoms with Gasteiger partial charge in [0.25, 0.3) is 17.3 Å². The number of benzene rings is 2. The molecule has 2 aromatic carbocycles. The number of thioether (sulfide) groups is 1. The van der Waals surface area contributed by atoms with Gasteiger partial charge in [0.15, 0.2) is 6.54 Å². The smallest absolute Gasteiger partial charge is 0.410 e. The molecule has 0 bridgehead atoms. The number of carboxylic acids is 1. The summed E-state index contributed by atoms with van der Waals surface area (Å²) in [6.45, 7) is 3.48. The Morgan fingerprint density at radius 1 is 1.07 bits per heavy atom. The first-order chi connectivity index (χ1) is 25.6. The van der Waals surface area contributed by atoms with Crippen LogP contribution in [0.5, 0.6) is 0 Å². The van der Waals surface area contributed by atoms with Crippen molar-refractivity contribution in [3.8, 4) is 0 Å². The highest BCUT2D eigenvalue weighted by Gasteiger charge is 2.66. The molecule has 2 fully saturated rings. The van der Waals surface area contributed by atoms with Crippen molar-refractivity contribution in [3.05, 3.63) is 109 Å². The average molecular weight is 765 g/mol. The van der Waals surface area contributed by atoms with E-state index in [1.807, 2.05) is 6.92 Å². The number of hydrogen-bond acceptors (Lipinski definition) is 11. The van der Waals surface area contributed by atoms with Crippen molar-refractivity contribution in [2.45, 2.75) is 69.8 Å². The second kappa shape index (κ2) is 14.9. The summed E-state index contributed by atoms with van der Waals surface area (Å²) in [6.07, 6.45) is 3.87. The van der Waals surface area contributed by atoms with Crippen LogP contribution in [0.3, 0.4) is 0 Å². The zero-order valence-electron chi connectivity index (χ0n) is 29.2. The maximum atomic E-state index is 13.7. The van der Waals surface area contributed by atoms with Gasteiger partial charge in [0.2, 0.25) is 12.2 Å². The topological polar surface area (TPSA) is 246 Å². The van der Waals surface area contributed by atoms with Crippen molar-refractivity contribution in [2.24, 2.45) is 17.1 Å². The van der Waals surface area contributed by atoms with Gasteiger partial charge in [-0.3, -0.25) is 29.8 Å². The Hall–Kier alpha value is -5.82. The Labute approximate surface area is 312 Å². The summed E-state index contributed by atoms with van der Waals surface area (Å²) >= 11 is 1.24. The Balaban J connectivity index is 1.30. The second-order valence-corrected chi connectivity index (χ2v) is 15.2. The molecule has 6 atom stereocenters. The van der Waals surface area contributed by atoms with Gasteiger partial charge < -0.3 is 30.5 Å². The molecule has 0 saturated carbocycles. The molecule has 0 radical (unpaired) electrons. The van der Waals surface area contributed by atoms with E-state index in [0.717, 1.165) is 0 Å². The van der Waals surface area contributed by atoms with Crippen molar-refractivity contribution in [1.82, 2.24) is 14.4 Å². The lowest BCUT2D eigenvalue weighted by molar-refractivity contribution is -0.683. The van der Waals surface area contributed by atoms with Crippen LogP contribution in [0.2, 0.25) is 0 Å². The van der Waals surface area contributed by atoms with E-state index in [2.05, 4.69) is 0 Å². The molecule has 3 aliphatic heterocycles. The molecule has 0 unspecified atom stereocenters. The summed E-state index contributed by atoms with van der Waals surface area (Å²) < 4.78 is 9.03. The van der Waals surface area contributed by atoms with E-state index in [0.29, 0.717) is 22.5 Å². The van der Waals surface area contributed by atoms with Crippen LogP contribution in [0.25, 0.3) is 0 Å². The van der Waals surface area contributed by atoms with E-state index in [1.54, 1.807) is 40.0 Å². The number of nitrogens with two attached hydrogens (primary N) is 1. The number of aromatic nitrogens is 2. The van der Waals surface area contributed by atoms with Gasteiger partial charge in [0.05, 0.1) is 34.0 Å². The van der Waals surface area contributed by atoms with Crippen LogP contribution >= 0.6 is 11.8 Å². The number of ether oxygens (including phenoxy) is 1.